The van der Waals surface area contributed by atoms with Crippen LogP contribution in [0.1, 0.15) is 23.7 Å². The summed E-state index contributed by atoms with van der Waals surface area (Å²) in [6.07, 6.45) is 2.34. The van der Waals surface area contributed by atoms with Crippen LogP contribution in [0.5, 0.6) is 0 Å². The molecule has 1 aromatic carbocycles. The second-order valence-corrected chi connectivity index (χ2v) is 6.23. The molecule has 1 saturated heterocycles. The zero-order valence-electron chi connectivity index (χ0n) is 13.6. The Balaban J connectivity index is 1.48. The summed E-state index contributed by atoms with van der Waals surface area (Å²) in [6.45, 7) is 3.40. The Kier molecular flexibility index (Phi) is 5.42. The van der Waals surface area contributed by atoms with Crippen LogP contribution in [0.15, 0.2) is 48.7 Å². The summed E-state index contributed by atoms with van der Waals surface area (Å²) in [7, 11) is 0. The van der Waals surface area contributed by atoms with Crippen molar-refractivity contribution in [3.05, 3.63) is 59.8 Å². The normalized spacial score (nSPS) is 18.9. The van der Waals surface area contributed by atoms with Gasteiger partial charge in [-0.3, -0.25) is 0 Å². The van der Waals surface area contributed by atoms with Crippen molar-refractivity contribution in [2.24, 2.45) is 5.92 Å². The number of aliphatic hydroxyl groups is 1. The molecular weight excluding hydrogens is 300 g/mol. The van der Waals surface area contributed by atoms with Crippen LogP contribution in [-0.2, 0) is 0 Å². The van der Waals surface area contributed by atoms with E-state index >= 15 is 0 Å². The highest BCUT2D eigenvalue weighted by Crippen LogP contribution is 2.21. The lowest BCUT2D eigenvalue weighted by molar-refractivity contribution is 0.124. The number of hydrogen-bond acceptors (Lipinski definition) is 5. The van der Waals surface area contributed by atoms with E-state index in [4.69, 9.17) is 5.26 Å². The first-order chi connectivity index (χ1) is 11.8. The van der Waals surface area contributed by atoms with E-state index in [1.165, 1.54) is 0 Å². The molecule has 1 fully saturated rings. The van der Waals surface area contributed by atoms with Crippen molar-refractivity contribution < 1.29 is 5.11 Å². The fourth-order valence-electron chi connectivity index (χ4n) is 3.15. The molecule has 1 aliphatic heterocycles. The van der Waals surface area contributed by atoms with Gasteiger partial charge in [-0.25, -0.2) is 4.98 Å². The number of likely N-dealkylation sites (tertiary alicyclic amines) is 1. The minimum Gasteiger partial charge on any atom is -0.387 e. The molecule has 5 heteroatoms. The van der Waals surface area contributed by atoms with Crippen LogP contribution in [-0.4, -0.2) is 41.2 Å². The molecule has 2 atom stereocenters. The summed E-state index contributed by atoms with van der Waals surface area (Å²) in [6, 6.07) is 15.5. The Morgan fingerprint density at radius 3 is 2.92 bits per heavy atom. The van der Waals surface area contributed by atoms with Crippen molar-refractivity contribution in [1.82, 2.24) is 9.88 Å². The average molecular weight is 322 g/mol. The standard InChI is InChI=1S/C19H22N4O/c20-11-17-7-4-9-21-19(17)22-12-15-8-10-23(13-15)14-18(24)16-5-2-1-3-6-16/h1-7,9,15,18,24H,8,10,12-14H2,(H,21,22)/t15-,18-/m1/s1. The zero-order chi connectivity index (χ0) is 16.8. The maximum atomic E-state index is 10.3. The molecule has 2 N–H and O–H groups in total. The lowest BCUT2D eigenvalue weighted by atomic mass is 10.1. The largest absolute Gasteiger partial charge is 0.387 e. The number of benzene rings is 1. The van der Waals surface area contributed by atoms with Gasteiger partial charge in [-0.15, -0.1) is 0 Å². The molecule has 24 heavy (non-hydrogen) atoms. The van der Waals surface area contributed by atoms with Gasteiger partial charge >= 0.3 is 0 Å². The molecular formula is C19H22N4O. The van der Waals surface area contributed by atoms with Crippen LogP contribution in [0.2, 0.25) is 0 Å². The Morgan fingerprint density at radius 1 is 1.29 bits per heavy atom. The van der Waals surface area contributed by atoms with Crippen LogP contribution in [0.3, 0.4) is 0 Å². The first kappa shape index (κ1) is 16.4. The molecule has 0 bridgehead atoms. The first-order valence-corrected chi connectivity index (χ1v) is 8.30. The number of nitrogens with zero attached hydrogens (tertiary/aromatic N) is 3. The number of hydrogen-bond donors (Lipinski definition) is 2. The smallest absolute Gasteiger partial charge is 0.143 e. The number of rotatable bonds is 6. The van der Waals surface area contributed by atoms with Gasteiger partial charge in [0.1, 0.15) is 11.9 Å². The Morgan fingerprint density at radius 2 is 2.12 bits per heavy atom. The quantitative estimate of drug-likeness (QED) is 0.854. The van der Waals surface area contributed by atoms with Crippen molar-refractivity contribution in [2.45, 2.75) is 12.5 Å². The summed E-state index contributed by atoms with van der Waals surface area (Å²) in [5.74, 6) is 1.16. The van der Waals surface area contributed by atoms with Gasteiger partial charge in [0.25, 0.3) is 0 Å². The molecule has 1 aliphatic rings. The highest BCUT2D eigenvalue weighted by Gasteiger charge is 2.24. The summed E-state index contributed by atoms with van der Waals surface area (Å²) < 4.78 is 0. The van der Waals surface area contributed by atoms with E-state index in [9.17, 15) is 5.11 Å². The van der Waals surface area contributed by atoms with E-state index in [0.29, 0.717) is 23.8 Å². The zero-order valence-corrected chi connectivity index (χ0v) is 13.6. The van der Waals surface area contributed by atoms with Crippen molar-refractivity contribution in [3.63, 3.8) is 0 Å². The van der Waals surface area contributed by atoms with E-state index in [2.05, 4.69) is 21.3 Å². The predicted molar refractivity (Wildman–Crippen MR) is 93.4 cm³/mol. The summed E-state index contributed by atoms with van der Waals surface area (Å²) >= 11 is 0. The van der Waals surface area contributed by atoms with Gasteiger partial charge in [-0.2, -0.15) is 5.26 Å². The number of β-amino-alcohol motifs (C(OH)–C–C–N with tert-alkyl or cyclic N) is 1. The molecule has 0 unspecified atom stereocenters. The molecule has 124 valence electrons. The summed E-state index contributed by atoms with van der Waals surface area (Å²) in [4.78, 5) is 6.53. The van der Waals surface area contributed by atoms with Crippen LogP contribution in [0.25, 0.3) is 0 Å². The molecule has 0 spiro atoms. The van der Waals surface area contributed by atoms with E-state index in [-0.39, 0.29) is 0 Å². The van der Waals surface area contributed by atoms with Crippen LogP contribution >= 0.6 is 0 Å². The molecule has 0 radical (unpaired) electrons. The first-order valence-electron chi connectivity index (χ1n) is 8.30. The number of anilines is 1. The van der Waals surface area contributed by atoms with Crippen molar-refractivity contribution in [1.29, 1.82) is 5.26 Å². The summed E-state index contributed by atoms with van der Waals surface area (Å²) in [5.41, 5.74) is 1.54. The highest BCUT2D eigenvalue weighted by molar-refractivity contribution is 5.51. The molecule has 0 amide bonds. The third-order valence-corrected chi connectivity index (χ3v) is 4.47. The molecule has 5 nitrogen and oxygen atoms in total. The Bertz CT molecular complexity index is 698. The van der Waals surface area contributed by atoms with Crippen LogP contribution < -0.4 is 5.32 Å². The molecule has 0 saturated carbocycles. The van der Waals surface area contributed by atoms with E-state index in [1.807, 2.05) is 30.3 Å². The van der Waals surface area contributed by atoms with Crippen molar-refractivity contribution in [3.8, 4) is 6.07 Å². The number of aromatic nitrogens is 1. The highest BCUT2D eigenvalue weighted by atomic mass is 16.3. The molecule has 1 aromatic heterocycles. The lowest BCUT2D eigenvalue weighted by Crippen LogP contribution is -2.27. The summed E-state index contributed by atoms with van der Waals surface area (Å²) in [5, 5.41) is 22.7. The van der Waals surface area contributed by atoms with Crippen molar-refractivity contribution in [2.75, 3.05) is 31.5 Å². The van der Waals surface area contributed by atoms with Crippen molar-refractivity contribution >= 4 is 5.82 Å². The number of nitrogens with one attached hydrogen (secondary N) is 1. The van der Waals surface area contributed by atoms with Gasteiger partial charge < -0.3 is 15.3 Å². The van der Waals surface area contributed by atoms with Crippen LogP contribution in [0.4, 0.5) is 5.82 Å². The number of nitriles is 1. The van der Waals surface area contributed by atoms with Gasteiger partial charge in [-0.1, -0.05) is 30.3 Å². The fraction of sp³-hybridized carbons (Fsp3) is 0.368. The van der Waals surface area contributed by atoms with Gasteiger partial charge in [0.15, 0.2) is 0 Å². The average Bonchev–Trinajstić information content (AvgIpc) is 3.08. The second-order valence-electron chi connectivity index (χ2n) is 6.23. The van der Waals surface area contributed by atoms with Crippen LogP contribution in [0, 0.1) is 17.2 Å². The number of pyridine rings is 1. The maximum Gasteiger partial charge on any atom is 0.143 e. The minimum absolute atomic E-state index is 0.445. The minimum atomic E-state index is -0.445. The SMILES string of the molecule is N#Cc1cccnc1NC[C@H]1CCN(C[C@@H](O)c2ccccc2)C1. The van der Waals surface area contributed by atoms with Gasteiger partial charge in [0, 0.05) is 25.8 Å². The van der Waals surface area contributed by atoms with Gasteiger partial charge in [0.2, 0.25) is 0 Å². The molecule has 2 aromatic rings. The Hall–Kier alpha value is -2.42. The third-order valence-electron chi connectivity index (χ3n) is 4.47. The number of aliphatic hydroxyl groups excluding tert-OH is 1. The van der Waals surface area contributed by atoms with Gasteiger partial charge in [-0.05, 0) is 36.6 Å². The Labute approximate surface area is 142 Å². The predicted octanol–water partition coefficient (Wildman–Crippen LogP) is 2.42. The van der Waals surface area contributed by atoms with E-state index in [0.717, 1.165) is 31.6 Å². The fourth-order valence-corrected chi connectivity index (χ4v) is 3.15. The molecule has 0 aliphatic carbocycles. The topological polar surface area (TPSA) is 72.2 Å². The monoisotopic (exact) mass is 322 g/mol. The van der Waals surface area contributed by atoms with E-state index < -0.39 is 6.10 Å². The third kappa shape index (κ3) is 4.10. The molecule has 3 rings (SSSR count). The molecule has 2 heterocycles. The lowest BCUT2D eigenvalue weighted by Gasteiger charge is -2.20. The second kappa shape index (κ2) is 7.91. The van der Waals surface area contributed by atoms with E-state index in [1.54, 1.807) is 18.3 Å². The van der Waals surface area contributed by atoms with Gasteiger partial charge in [0.05, 0.1) is 11.7 Å². The maximum absolute atomic E-state index is 10.3.